The van der Waals surface area contributed by atoms with Crippen LogP contribution in [0.25, 0.3) is 11.7 Å². The second-order valence-corrected chi connectivity index (χ2v) is 9.58. The summed E-state index contributed by atoms with van der Waals surface area (Å²) in [7, 11) is 0. The predicted molar refractivity (Wildman–Crippen MR) is 131 cm³/mol. The molecule has 1 aliphatic rings. The topological polar surface area (TPSA) is 104 Å². The van der Waals surface area contributed by atoms with Gasteiger partial charge in [0.25, 0.3) is 11.5 Å². The van der Waals surface area contributed by atoms with Crippen molar-refractivity contribution in [1.29, 1.82) is 0 Å². The first-order valence-corrected chi connectivity index (χ1v) is 11.7. The lowest BCUT2D eigenvalue weighted by Crippen LogP contribution is -2.29. The lowest BCUT2D eigenvalue weighted by Gasteiger charge is -2.15. The monoisotopic (exact) mass is 474 g/mol. The maximum Gasteiger partial charge on any atom is 0.303 e. The Labute approximate surface area is 195 Å². The molecule has 0 saturated carbocycles. The van der Waals surface area contributed by atoms with E-state index in [9.17, 15) is 14.4 Å². The Morgan fingerprint density at radius 1 is 1.31 bits per heavy atom. The summed E-state index contributed by atoms with van der Waals surface area (Å²) in [6.07, 6.45) is 5.26. The van der Waals surface area contributed by atoms with E-state index in [1.165, 1.54) is 9.30 Å². The first-order valence-electron chi connectivity index (χ1n) is 10.4. The Bertz CT molecular complexity index is 1160. The summed E-state index contributed by atoms with van der Waals surface area (Å²) in [5.74, 6) is -0.643. The van der Waals surface area contributed by atoms with Crippen LogP contribution in [-0.4, -0.2) is 48.2 Å². The zero-order valence-corrected chi connectivity index (χ0v) is 19.9. The largest absolute Gasteiger partial charge is 0.481 e. The Balaban J connectivity index is 1.90. The van der Waals surface area contributed by atoms with Gasteiger partial charge < -0.3 is 10.4 Å². The number of nitrogens with zero attached hydrogens (tertiary/aromatic N) is 3. The smallest absolute Gasteiger partial charge is 0.303 e. The minimum atomic E-state index is -0.824. The Hall–Kier alpha value is -2.72. The van der Waals surface area contributed by atoms with Crippen LogP contribution < -0.4 is 10.9 Å². The molecule has 2 aromatic rings. The molecular weight excluding hydrogens is 448 g/mol. The first-order chi connectivity index (χ1) is 15.2. The van der Waals surface area contributed by atoms with E-state index in [0.717, 1.165) is 17.3 Å². The number of carbonyl (C=O) groups is 2. The lowest BCUT2D eigenvalue weighted by atomic mass is 10.2. The Kier molecular flexibility index (Phi) is 7.68. The third-order valence-corrected chi connectivity index (χ3v) is 6.31. The second kappa shape index (κ2) is 10.3. The molecule has 10 heteroatoms. The number of carboxylic acids is 1. The van der Waals surface area contributed by atoms with Gasteiger partial charge >= 0.3 is 5.97 Å². The van der Waals surface area contributed by atoms with Gasteiger partial charge in [0.1, 0.15) is 15.8 Å². The van der Waals surface area contributed by atoms with Gasteiger partial charge in [-0.25, -0.2) is 4.98 Å². The fourth-order valence-corrected chi connectivity index (χ4v) is 4.66. The third-order valence-electron chi connectivity index (χ3n) is 4.93. The van der Waals surface area contributed by atoms with Gasteiger partial charge in [0.15, 0.2) is 0 Å². The molecule has 0 radical (unpaired) electrons. The number of aliphatic carboxylic acids is 1. The van der Waals surface area contributed by atoms with Crippen molar-refractivity contribution >= 4 is 57.7 Å². The number of anilines is 1. The van der Waals surface area contributed by atoms with Crippen LogP contribution in [0.1, 0.15) is 50.7 Å². The number of hydrogen-bond donors (Lipinski definition) is 2. The normalized spacial score (nSPS) is 15.4. The molecule has 0 unspecified atom stereocenters. The molecule has 170 valence electrons. The molecule has 0 aromatic carbocycles. The highest BCUT2D eigenvalue weighted by Crippen LogP contribution is 2.33. The number of aryl methyl sites for hydroxylation is 1. The summed E-state index contributed by atoms with van der Waals surface area (Å²) < 4.78 is 1.91. The van der Waals surface area contributed by atoms with Crippen molar-refractivity contribution in [3.8, 4) is 0 Å². The number of thioether (sulfide) groups is 1. The SMILES string of the molecule is Cc1cccn2c(=O)c(/C=C3\SC(=S)N(CCCCCC(=O)O)C3=O)c(NC(C)C)nc12. The molecule has 2 N–H and O–H groups in total. The van der Waals surface area contributed by atoms with E-state index in [4.69, 9.17) is 17.3 Å². The summed E-state index contributed by atoms with van der Waals surface area (Å²) in [6.45, 7) is 6.22. The number of hydrogen-bond acceptors (Lipinski definition) is 7. The summed E-state index contributed by atoms with van der Waals surface area (Å²) in [6, 6.07) is 3.72. The van der Waals surface area contributed by atoms with Gasteiger partial charge in [0.2, 0.25) is 0 Å². The number of amides is 1. The van der Waals surface area contributed by atoms with Gasteiger partial charge in [-0.3, -0.25) is 23.7 Å². The highest BCUT2D eigenvalue weighted by molar-refractivity contribution is 8.26. The van der Waals surface area contributed by atoms with Crippen molar-refractivity contribution < 1.29 is 14.7 Å². The number of nitrogens with one attached hydrogen (secondary N) is 1. The molecule has 32 heavy (non-hydrogen) atoms. The van der Waals surface area contributed by atoms with E-state index in [0.29, 0.717) is 52.1 Å². The lowest BCUT2D eigenvalue weighted by molar-refractivity contribution is -0.137. The van der Waals surface area contributed by atoms with Gasteiger partial charge in [0.05, 0.1) is 10.5 Å². The van der Waals surface area contributed by atoms with E-state index in [-0.39, 0.29) is 23.9 Å². The standard InChI is InChI=1S/C22H26N4O4S2/c1-13(2)23-18-15(20(29)25-11-7-8-14(3)19(25)24-18)12-16-21(30)26(22(31)32-16)10-6-4-5-9-17(27)28/h7-8,11-13,23H,4-6,9-10H2,1-3H3,(H,27,28)/b16-12-. The number of unbranched alkanes of at least 4 members (excludes halogenated alkanes) is 2. The highest BCUT2D eigenvalue weighted by Gasteiger charge is 2.32. The zero-order chi connectivity index (χ0) is 23.4. The molecule has 3 rings (SSSR count). The van der Waals surface area contributed by atoms with Crippen LogP contribution in [0, 0.1) is 6.92 Å². The molecule has 0 spiro atoms. The van der Waals surface area contributed by atoms with Crippen LogP contribution >= 0.6 is 24.0 Å². The fourth-order valence-electron chi connectivity index (χ4n) is 3.37. The maximum absolute atomic E-state index is 13.3. The van der Waals surface area contributed by atoms with Crippen LogP contribution in [-0.2, 0) is 9.59 Å². The van der Waals surface area contributed by atoms with E-state index < -0.39 is 5.97 Å². The van der Waals surface area contributed by atoms with Gasteiger partial charge in [-0.1, -0.05) is 36.5 Å². The van der Waals surface area contributed by atoms with Crippen molar-refractivity contribution in [3.63, 3.8) is 0 Å². The second-order valence-electron chi connectivity index (χ2n) is 7.90. The van der Waals surface area contributed by atoms with Crippen molar-refractivity contribution in [2.45, 2.75) is 52.5 Å². The quantitative estimate of drug-likeness (QED) is 0.322. The third kappa shape index (κ3) is 5.36. The number of carbonyl (C=O) groups excluding carboxylic acids is 1. The molecule has 8 nitrogen and oxygen atoms in total. The number of carboxylic acid groups (broad SMARTS) is 1. The Morgan fingerprint density at radius 3 is 2.75 bits per heavy atom. The minimum Gasteiger partial charge on any atom is -0.481 e. The van der Waals surface area contributed by atoms with E-state index in [2.05, 4.69) is 10.3 Å². The maximum atomic E-state index is 13.3. The molecule has 3 heterocycles. The van der Waals surface area contributed by atoms with Gasteiger partial charge in [-0.15, -0.1) is 0 Å². The van der Waals surface area contributed by atoms with Gasteiger partial charge in [0, 0.05) is 25.2 Å². The summed E-state index contributed by atoms with van der Waals surface area (Å²) >= 11 is 6.54. The van der Waals surface area contributed by atoms with E-state index in [1.807, 2.05) is 26.8 Å². The van der Waals surface area contributed by atoms with E-state index in [1.54, 1.807) is 18.3 Å². The molecule has 1 amide bonds. The molecule has 1 saturated heterocycles. The van der Waals surface area contributed by atoms with E-state index >= 15 is 0 Å². The average molecular weight is 475 g/mol. The summed E-state index contributed by atoms with van der Waals surface area (Å²) in [5, 5.41) is 11.9. The minimum absolute atomic E-state index is 0.0424. The fraction of sp³-hybridized carbons (Fsp3) is 0.409. The molecule has 1 aliphatic heterocycles. The Morgan fingerprint density at radius 2 is 2.06 bits per heavy atom. The molecule has 0 bridgehead atoms. The molecular formula is C22H26N4O4S2. The number of rotatable bonds is 9. The van der Waals surface area contributed by atoms with Crippen LogP contribution in [0.2, 0.25) is 0 Å². The first kappa shape index (κ1) is 23.9. The average Bonchev–Trinajstić information content (AvgIpc) is 2.98. The van der Waals surface area contributed by atoms with Crippen molar-refractivity contribution in [2.24, 2.45) is 0 Å². The molecule has 1 fully saturated rings. The molecule has 0 atom stereocenters. The zero-order valence-electron chi connectivity index (χ0n) is 18.3. The van der Waals surface area contributed by atoms with Crippen molar-refractivity contribution in [1.82, 2.24) is 14.3 Å². The van der Waals surface area contributed by atoms with Gasteiger partial charge in [-0.2, -0.15) is 0 Å². The van der Waals surface area contributed by atoms with Gasteiger partial charge in [-0.05, 0) is 51.3 Å². The number of fused-ring (bicyclic) bond motifs is 1. The number of aromatic nitrogens is 2. The predicted octanol–water partition coefficient (Wildman–Crippen LogP) is 3.67. The van der Waals surface area contributed by atoms with Crippen molar-refractivity contribution in [2.75, 3.05) is 11.9 Å². The molecule has 0 aliphatic carbocycles. The van der Waals surface area contributed by atoms with Crippen molar-refractivity contribution in [3.05, 3.63) is 44.7 Å². The highest BCUT2D eigenvalue weighted by atomic mass is 32.2. The van der Waals surface area contributed by atoms with Crippen LogP contribution in [0.15, 0.2) is 28.0 Å². The summed E-state index contributed by atoms with van der Waals surface area (Å²) in [4.78, 5) is 43.4. The van der Waals surface area contributed by atoms with Crippen LogP contribution in [0.4, 0.5) is 5.82 Å². The molecule has 2 aromatic heterocycles. The van der Waals surface area contributed by atoms with Crippen LogP contribution in [0.3, 0.4) is 0 Å². The summed E-state index contributed by atoms with van der Waals surface area (Å²) in [5.41, 5.74) is 1.48. The number of pyridine rings is 1. The van der Waals surface area contributed by atoms with Crippen LogP contribution in [0.5, 0.6) is 0 Å². The number of thiocarbonyl (C=S) groups is 1.